The molecule has 5 rings (SSSR count). The number of fused-ring (bicyclic) bond motifs is 1. The average molecular weight is 449 g/mol. The topological polar surface area (TPSA) is 16.1 Å². The summed E-state index contributed by atoms with van der Waals surface area (Å²) in [4.78, 5) is 7.69. The molecule has 2 heteroatoms. The maximum atomic E-state index is 5.21. The van der Waals surface area contributed by atoms with Gasteiger partial charge in [0.05, 0.1) is 0 Å². The van der Waals surface area contributed by atoms with E-state index >= 15 is 0 Å². The van der Waals surface area contributed by atoms with E-state index in [1.54, 1.807) is 0 Å². The van der Waals surface area contributed by atoms with Crippen LogP contribution in [-0.4, -0.2) is 18.1 Å². The number of piperidine rings is 1. The van der Waals surface area contributed by atoms with Crippen LogP contribution in [0.25, 0.3) is 22.8 Å². The van der Waals surface area contributed by atoms with Crippen molar-refractivity contribution in [2.45, 2.75) is 52.9 Å². The van der Waals surface area contributed by atoms with Crippen LogP contribution in [0.2, 0.25) is 0 Å². The predicted molar refractivity (Wildman–Crippen MR) is 146 cm³/mol. The first-order valence-corrected chi connectivity index (χ1v) is 12.8. The zero-order chi connectivity index (χ0) is 23.7. The molecule has 2 aromatic carbocycles. The number of nitrogens with zero attached hydrogens (tertiary/aromatic N) is 2. The van der Waals surface area contributed by atoms with E-state index in [0.29, 0.717) is 5.92 Å². The average Bonchev–Trinajstić information content (AvgIpc) is 3.34. The molecule has 1 aliphatic heterocycles. The summed E-state index contributed by atoms with van der Waals surface area (Å²) < 4.78 is 0. The van der Waals surface area contributed by atoms with Gasteiger partial charge in [-0.15, -0.1) is 0 Å². The molecule has 1 aromatic heterocycles. The predicted octanol–water partition coefficient (Wildman–Crippen LogP) is 7.88. The number of aryl methyl sites for hydroxylation is 1. The third-order valence-electron chi connectivity index (χ3n) is 7.46. The van der Waals surface area contributed by atoms with E-state index in [1.807, 2.05) is 0 Å². The fourth-order valence-electron chi connectivity index (χ4n) is 5.24. The largest absolute Gasteiger partial charge is 0.357 e. The van der Waals surface area contributed by atoms with Gasteiger partial charge in [-0.2, -0.15) is 0 Å². The molecule has 0 amide bonds. The molecule has 3 aromatic rings. The minimum absolute atomic E-state index is 0.441. The number of hydrogen-bond donors (Lipinski definition) is 0. The number of rotatable bonds is 6. The highest BCUT2D eigenvalue weighted by molar-refractivity contribution is 5.80. The second kappa shape index (κ2) is 9.62. The molecule has 1 aliphatic carbocycles. The highest BCUT2D eigenvalue weighted by Crippen LogP contribution is 2.34. The van der Waals surface area contributed by atoms with E-state index in [2.05, 4.69) is 92.9 Å². The van der Waals surface area contributed by atoms with Crippen LogP contribution in [-0.2, 0) is 12.8 Å². The molecule has 0 spiro atoms. The minimum atomic E-state index is 0.441. The number of aromatic nitrogens is 1. The van der Waals surface area contributed by atoms with Gasteiger partial charge < -0.3 is 4.90 Å². The Kier molecular flexibility index (Phi) is 6.41. The van der Waals surface area contributed by atoms with Crippen molar-refractivity contribution in [3.63, 3.8) is 0 Å². The molecule has 34 heavy (non-hydrogen) atoms. The van der Waals surface area contributed by atoms with Crippen LogP contribution in [0.1, 0.15) is 66.6 Å². The van der Waals surface area contributed by atoms with Crippen molar-refractivity contribution in [3.8, 4) is 11.1 Å². The summed E-state index contributed by atoms with van der Waals surface area (Å²) in [5.41, 5.74) is 11.6. The Morgan fingerprint density at radius 1 is 1.03 bits per heavy atom. The van der Waals surface area contributed by atoms with Gasteiger partial charge in [0.25, 0.3) is 0 Å². The molecule has 0 unspecified atom stereocenters. The lowest BCUT2D eigenvalue weighted by Crippen LogP contribution is -2.30. The normalized spacial score (nSPS) is 15.1. The lowest BCUT2D eigenvalue weighted by atomic mass is 9.92. The number of pyridine rings is 1. The molecular weight excluding hydrogens is 412 g/mol. The molecule has 2 nitrogen and oxygen atoms in total. The SMILES string of the molecule is C=C(c1ccc(C)c(Cc2cc(-c3cccc4c3C=CC4)cc(N3CCCCC3)n2)c1)C(C)C. The van der Waals surface area contributed by atoms with E-state index in [9.17, 15) is 0 Å². The number of anilines is 1. The van der Waals surface area contributed by atoms with Gasteiger partial charge in [0, 0.05) is 25.2 Å². The summed E-state index contributed by atoms with van der Waals surface area (Å²) in [6, 6.07) is 18.1. The van der Waals surface area contributed by atoms with Crippen LogP contribution >= 0.6 is 0 Å². The molecule has 0 N–H and O–H groups in total. The molecule has 174 valence electrons. The molecule has 0 radical (unpaired) electrons. The maximum absolute atomic E-state index is 5.21. The fourth-order valence-corrected chi connectivity index (χ4v) is 5.24. The van der Waals surface area contributed by atoms with Gasteiger partial charge >= 0.3 is 0 Å². The Morgan fingerprint density at radius 2 is 1.85 bits per heavy atom. The van der Waals surface area contributed by atoms with Crippen molar-refractivity contribution >= 4 is 17.5 Å². The quantitative estimate of drug-likeness (QED) is 0.381. The number of allylic oxidation sites excluding steroid dienone is 2. The third kappa shape index (κ3) is 4.59. The summed E-state index contributed by atoms with van der Waals surface area (Å²) in [7, 11) is 0. The van der Waals surface area contributed by atoms with Crippen molar-refractivity contribution < 1.29 is 0 Å². The Hall–Kier alpha value is -3.13. The number of benzene rings is 2. The van der Waals surface area contributed by atoms with E-state index in [1.165, 1.54) is 63.8 Å². The van der Waals surface area contributed by atoms with Crippen LogP contribution in [0, 0.1) is 12.8 Å². The summed E-state index contributed by atoms with van der Waals surface area (Å²) in [6.45, 7) is 13.2. The van der Waals surface area contributed by atoms with E-state index < -0.39 is 0 Å². The van der Waals surface area contributed by atoms with Gasteiger partial charge in [0.15, 0.2) is 0 Å². The van der Waals surface area contributed by atoms with Crippen LogP contribution in [0.4, 0.5) is 5.82 Å². The van der Waals surface area contributed by atoms with Gasteiger partial charge in [0.1, 0.15) is 5.82 Å². The van der Waals surface area contributed by atoms with Gasteiger partial charge in [-0.05, 0) is 95.2 Å². The monoisotopic (exact) mass is 448 g/mol. The van der Waals surface area contributed by atoms with Crippen molar-refractivity contribution in [2.24, 2.45) is 5.92 Å². The first-order chi connectivity index (χ1) is 16.5. The third-order valence-corrected chi connectivity index (χ3v) is 7.46. The standard InChI is InChI=1S/C32H36N2/c1-22(2)24(4)26-15-14-23(3)27(18-26)19-29-20-28(21-32(33-29)34-16-6-5-7-17-34)31-13-9-11-25-10-8-12-30(25)31/h8-9,11-15,18,20-22H,4-7,10,16-17,19H2,1-3H3. The Morgan fingerprint density at radius 3 is 2.65 bits per heavy atom. The molecule has 0 atom stereocenters. The van der Waals surface area contributed by atoms with Crippen LogP contribution in [0.3, 0.4) is 0 Å². The summed E-state index contributed by atoms with van der Waals surface area (Å²) in [5, 5.41) is 0. The molecule has 0 bridgehead atoms. The van der Waals surface area contributed by atoms with Crippen molar-refractivity contribution in [1.82, 2.24) is 4.98 Å². The Bertz CT molecular complexity index is 1240. The van der Waals surface area contributed by atoms with Gasteiger partial charge in [-0.1, -0.05) is 69.0 Å². The van der Waals surface area contributed by atoms with E-state index in [-0.39, 0.29) is 0 Å². The summed E-state index contributed by atoms with van der Waals surface area (Å²) >= 11 is 0. The zero-order valence-electron chi connectivity index (χ0n) is 20.9. The van der Waals surface area contributed by atoms with E-state index in [0.717, 1.165) is 37.4 Å². The smallest absolute Gasteiger partial charge is 0.129 e. The molecule has 2 aliphatic rings. The van der Waals surface area contributed by atoms with Crippen LogP contribution < -0.4 is 4.90 Å². The molecule has 1 fully saturated rings. The Labute approximate surface area is 205 Å². The fraction of sp³-hybridized carbons (Fsp3) is 0.344. The molecule has 0 saturated carbocycles. The molecule has 2 heterocycles. The van der Waals surface area contributed by atoms with Gasteiger partial charge in [-0.3, -0.25) is 0 Å². The first kappa shape index (κ1) is 22.7. The highest BCUT2D eigenvalue weighted by Gasteiger charge is 2.18. The van der Waals surface area contributed by atoms with Crippen LogP contribution in [0.15, 0.2) is 61.2 Å². The van der Waals surface area contributed by atoms with Crippen molar-refractivity contribution in [1.29, 1.82) is 0 Å². The van der Waals surface area contributed by atoms with Crippen molar-refractivity contribution in [3.05, 3.63) is 94.7 Å². The maximum Gasteiger partial charge on any atom is 0.129 e. The lowest BCUT2D eigenvalue weighted by Gasteiger charge is -2.28. The molecule has 1 saturated heterocycles. The van der Waals surface area contributed by atoms with Gasteiger partial charge in [0.2, 0.25) is 0 Å². The summed E-state index contributed by atoms with van der Waals surface area (Å²) in [6.07, 6.45) is 10.3. The zero-order valence-corrected chi connectivity index (χ0v) is 20.9. The van der Waals surface area contributed by atoms with Crippen molar-refractivity contribution in [2.75, 3.05) is 18.0 Å². The number of hydrogen-bond acceptors (Lipinski definition) is 2. The minimum Gasteiger partial charge on any atom is -0.357 e. The van der Waals surface area contributed by atoms with E-state index in [4.69, 9.17) is 4.98 Å². The van der Waals surface area contributed by atoms with Gasteiger partial charge in [-0.25, -0.2) is 4.98 Å². The second-order valence-corrected chi connectivity index (χ2v) is 10.2. The summed E-state index contributed by atoms with van der Waals surface area (Å²) in [5.74, 6) is 1.57. The lowest BCUT2D eigenvalue weighted by molar-refractivity contribution is 0.573. The second-order valence-electron chi connectivity index (χ2n) is 10.2. The molecular formula is C32H36N2. The Balaban J connectivity index is 1.57. The highest BCUT2D eigenvalue weighted by atomic mass is 15.2. The first-order valence-electron chi connectivity index (χ1n) is 12.8. The van der Waals surface area contributed by atoms with Crippen LogP contribution in [0.5, 0.6) is 0 Å².